The summed E-state index contributed by atoms with van der Waals surface area (Å²) >= 11 is 0. The highest BCUT2D eigenvalue weighted by atomic mass is 16.5. The molecule has 2 aliphatic heterocycles. The fraction of sp³-hybridized carbons (Fsp3) is 0.684. The molecule has 3 rings (SSSR count). The molecule has 0 bridgehead atoms. The molecule has 0 N–H and O–H groups in total. The lowest BCUT2D eigenvalue weighted by Crippen LogP contribution is -2.59. The van der Waals surface area contributed by atoms with Gasteiger partial charge in [-0.05, 0) is 31.7 Å². The smallest absolute Gasteiger partial charge is 0.0564 e. The molecule has 2 fully saturated rings. The number of ether oxygens (including phenoxy) is 1. The molecule has 0 saturated carbocycles. The Balaban J connectivity index is 1.56. The van der Waals surface area contributed by atoms with Crippen molar-refractivity contribution in [3.63, 3.8) is 0 Å². The fourth-order valence-corrected chi connectivity index (χ4v) is 4.20. The van der Waals surface area contributed by atoms with Crippen molar-refractivity contribution in [1.29, 1.82) is 0 Å². The lowest BCUT2D eigenvalue weighted by atomic mass is 9.82. The number of hydrogen-bond acceptors (Lipinski definition) is 3. The number of nitrogens with zero attached hydrogens (tertiary/aromatic N) is 2. The summed E-state index contributed by atoms with van der Waals surface area (Å²) in [7, 11) is 0. The molecule has 3 heteroatoms. The predicted molar refractivity (Wildman–Crippen MR) is 91.0 cm³/mol. The molecule has 2 saturated heterocycles. The van der Waals surface area contributed by atoms with Crippen LogP contribution >= 0.6 is 0 Å². The van der Waals surface area contributed by atoms with Crippen molar-refractivity contribution < 1.29 is 4.74 Å². The highest BCUT2D eigenvalue weighted by Crippen LogP contribution is 2.34. The van der Waals surface area contributed by atoms with Crippen molar-refractivity contribution in [1.82, 2.24) is 9.80 Å². The average molecular weight is 302 g/mol. The molecule has 0 aliphatic carbocycles. The number of benzene rings is 1. The first-order chi connectivity index (χ1) is 10.7. The number of rotatable bonds is 4. The van der Waals surface area contributed by atoms with Gasteiger partial charge in [-0.15, -0.1) is 0 Å². The number of hydrogen-bond donors (Lipinski definition) is 0. The molecule has 0 radical (unpaired) electrons. The molecule has 2 atom stereocenters. The van der Waals surface area contributed by atoms with Crippen LogP contribution in [0.15, 0.2) is 30.3 Å². The van der Waals surface area contributed by atoms with E-state index in [0.717, 1.165) is 13.2 Å². The third-order valence-corrected chi connectivity index (χ3v) is 5.59. The molecule has 0 spiro atoms. The Morgan fingerprint density at radius 3 is 2.50 bits per heavy atom. The van der Waals surface area contributed by atoms with E-state index in [1.165, 1.54) is 51.0 Å². The molecule has 2 aliphatic rings. The van der Waals surface area contributed by atoms with Gasteiger partial charge in [0, 0.05) is 44.9 Å². The molecule has 0 amide bonds. The van der Waals surface area contributed by atoms with Crippen molar-refractivity contribution >= 4 is 0 Å². The van der Waals surface area contributed by atoms with Gasteiger partial charge < -0.3 is 4.74 Å². The third kappa shape index (κ3) is 3.53. The van der Waals surface area contributed by atoms with Crippen molar-refractivity contribution in [2.24, 2.45) is 0 Å². The highest BCUT2D eigenvalue weighted by molar-refractivity contribution is 5.14. The lowest BCUT2D eigenvalue weighted by Gasteiger charge is -2.50. The zero-order chi connectivity index (χ0) is 15.4. The maximum atomic E-state index is 5.79. The van der Waals surface area contributed by atoms with Crippen LogP contribution in [0, 0.1) is 0 Å². The van der Waals surface area contributed by atoms with Crippen LogP contribution in [0.1, 0.15) is 38.7 Å². The van der Waals surface area contributed by atoms with E-state index >= 15 is 0 Å². The van der Waals surface area contributed by atoms with Gasteiger partial charge in [0.05, 0.1) is 6.10 Å². The van der Waals surface area contributed by atoms with Crippen LogP contribution in [-0.2, 0) is 11.3 Å². The summed E-state index contributed by atoms with van der Waals surface area (Å²) in [5.41, 5.74) is 1.82. The molecule has 122 valence electrons. The van der Waals surface area contributed by atoms with Gasteiger partial charge in [-0.1, -0.05) is 37.3 Å². The maximum Gasteiger partial charge on any atom is 0.0564 e. The molecule has 0 aromatic heterocycles. The van der Waals surface area contributed by atoms with E-state index in [1.807, 2.05) is 0 Å². The summed E-state index contributed by atoms with van der Waals surface area (Å²) in [6.07, 6.45) is 4.06. The minimum atomic E-state index is 0.385. The highest BCUT2D eigenvalue weighted by Gasteiger charge is 2.40. The molecule has 2 heterocycles. The second kappa shape index (κ2) is 7.12. The molecule has 1 aromatic rings. The zero-order valence-corrected chi connectivity index (χ0v) is 14.1. The van der Waals surface area contributed by atoms with Crippen LogP contribution in [-0.4, -0.2) is 54.2 Å². The minimum Gasteiger partial charge on any atom is -0.378 e. The van der Waals surface area contributed by atoms with E-state index in [1.54, 1.807) is 0 Å². The van der Waals surface area contributed by atoms with Gasteiger partial charge in [-0.3, -0.25) is 9.80 Å². The fourth-order valence-electron chi connectivity index (χ4n) is 4.20. The molecule has 22 heavy (non-hydrogen) atoms. The van der Waals surface area contributed by atoms with Crippen LogP contribution in [0.2, 0.25) is 0 Å². The summed E-state index contributed by atoms with van der Waals surface area (Å²) in [6.45, 7) is 11.4. The van der Waals surface area contributed by atoms with Crippen molar-refractivity contribution in [2.45, 2.75) is 51.3 Å². The summed E-state index contributed by atoms with van der Waals surface area (Å²) in [4.78, 5) is 5.35. The first kappa shape index (κ1) is 16.0. The monoisotopic (exact) mass is 302 g/mol. The van der Waals surface area contributed by atoms with Crippen LogP contribution in [0.4, 0.5) is 0 Å². The lowest BCUT2D eigenvalue weighted by molar-refractivity contribution is -0.0814. The van der Waals surface area contributed by atoms with Gasteiger partial charge >= 0.3 is 0 Å². The quantitative estimate of drug-likeness (QED) is 0.850. The van der Waals surface area contributed by atoms with Crippen LogP contribution in [0.25, 0.3) is 0 Å². The Morgan fingerprint density at radius 2 is 1.86 bits per heavy atom. The standard InChI is InChI=1S/C19H30N2O/c1-3-19(9-14-22-17(2)15-19)21-12-10-20(11-13-21)16-18-7-5-4-6-8-18/h4-8,17H,3,9-16H2,1-2H3/t17-,19-/m0/s1. The van der Waals surface area contributed by atoms with Crippen molar-refractivity contribution in [2.75, 3.05) is 32.8 Å². The Morgan fingerprint density at radius 1 is 1.14 bits per heavy atom. The van der Waals surface area contributed by atoms with E-state index in [0.29, 0.717) is 11.6 Å². The normalized spacial score (nSPS) is 31.3. The van der Waals surface area contributed by atoms with Gasteiger partial charge in [0.25, 0.3) is 0 Å². The first-order valence-electron chi connectivity index (χ1n) is 8.85. The Kier molecular flexibility index (Phi) is 5.17. The van der Waals surface area contributed by atoms with Crippen LogP contribution in [0.5, 0.6) is 0 Å². The molecule has 0 unspecified atom stereocenters. The minimum absolute atomic E-state index is 0.385. The molecule has 1 aromatic carbocycles. The summed E-state index contributed by atoms with van der Waals surface area (Å²) < 4.78 is 5.79. The van der Waals surface area contributed by atoms with Gasteiger partial charge in [-0.25, -0.2) is 0 Å². The molecule has 3 nitrogen and oxygen atoms in total. The Hall–Kier alpha value is -0.900. The van der Waals surface area contributed by atoms with Crippen LogP contribution in [0.3, 0.4) is 0 Å². The summed E-state index contributed by atoms with van der Waals surface area (Å²) in [5, 5.41) is 0. The SMILES string of the molecule is CC[C@]1(N2CCN(Cc3ccccc3)CC2)CCO[C@@H](C)C1. The maximum absolute atomic E-state index is 5.79. The molecular weight excluding hydrogens is 272 g/mol. The second-order valence-corrected chi connectivity index (χ2v) is 6.96. The Labute approximate surface area is 135 Å². The molecular formula is C19H30N2O. The van der Waals surface area contributed by atoms with Gasteiger partial charge in [-0.2, -0.15) is 0 Å². The van der Waals surface area contributed by atoms with E-state index in [9.17, 15) is 0 Å². The van der Waals surface area contributed by atoms with Crippen molar-refractivity contribution in [3.05, 3.63) is 35.9 Å². The van der Waals surface area contributed by atoms with E-state index in [4.69, 9.17) is 4.74 Å². The van der Waals surface area contributed by atoms with Gasteiger partial charge in [0.2, 0.25) is 0 Å². The number of piperazine rings is 1. The average Bonchev–Trinajstić information content (AvgIpc) is 2.56. The summed E-state index contributed by atoms with van der Waals surface area (Å²) in [6, 6.07) is 10.8. The van der Waals surface area contributed by atoms with Gasteiger partial charge in [0.1, 0.15) is 0 Å². The van der Waals surface area contributed by atoms with E-state index < -0.39 is 0 Å². The van der Waals surface area contributed by atoms with Crippen molar-refractivity contribution in [3.8, 4) is 0 Å². The third-order valence-electron chi connectivity index (χ3n) is 5.59. The zero-order valence-electron chi connectivity index (χ0n) is 14.1. The summed E-state index contributed by atoms with van der Waals surface area (Å²) in [5.74, 6) is 0. The first-order valence-corrected chi connectivity index (χ1v) is 8.85. The van der Waals surface area contributed by atoms with E-state index in [-0.39, 0.29) is 0 Å². The topological polar surface area (TPSA) is 15.7 Å². The van der Waals surface area contributed by atoms with Crippen LogP contribution < -0.4 is 0 Å². The Bertz CT molecular complexity index is 456. The predicted octanol–water partition coefficient (Wildman–Crippen LogP) is 3.15. The second-order valence-electron chi connectivity index (χ2n) is 6.96. The van der Waals surface area contributed by atoms with E-state index in [2.05, 4.69) is 54.0 Å². The van der Waals surface area contributed by atoms with Gasteiger partial charge in [0.15, 0.2) is 0 Å². The largest absolute Gasteiger partial charge is 0.378 e.